The third-order valence-corrected chi connectivity index (χ3v) is 3.12. The molecular weight excluding hydrogens is 308 g/mol. The number of aromatic nitrogens is 2. The Bertz CT molecular complexity index is 532. The molecule has 0 unspecified atom stereocenters. The van der Waals surface area contributed by atoms with Crippen molar-refractivity contribution in [3.63, 3.8) is 0 Å². The summed E-state index contributed by atoms with van der Waals surface area (Å²) in [5.74, 6) is 1.49. The summed E-state index contributed by atoms with van der Waals surface area (Å²) in [7, 11) is 1.88. The van der Waals surface area contributed by atoms with Gasteiger partial charge in [-0.3, -0.25) is 0 Å². The van der Waals surface area contributed by atoms with Crippen LogP contribution >= 0.6 is 15.9 Å². The average molecular weight is 323 g/mol. The number of nitrogens with one attached hydrogen (secondary N) is 1. The van der Waals surface area contributed by atoms with Crippen LogP contribution in [0.4, 0.5) is 17.3 Å². The highest BCUT2D eigenvalue weighted by molar-refractivity contribution is 9.10. The smallest absolute Gasteiger partial charge is 0.135 e. The number of likely N-dealkylation sites (N-methyl/N-ethyl adjacent to an activating group) is 1. The number of hydrogen-bond acceptors (Lipinski definition) is 5. The summed E-state index contributed by atoms with van der Waals surface area (Å²) >= 11 is 3.40. The van der Waals surface area contributed by atoms with E-state index in [1.54, 1.807) is 0 Å². The number of aliphatic hydroxyl groups excluding tert-OH is 1. The van der Waals surface area contributed by atoms with Gasteiger partial charge in [-0.25, -0.2) is 9.97 Å². The molecule has 1 heterocycles. The lowest BCUT2D eigenvalue weighted by atomic mass is 10.3. The molecule has 100 valence electrons. The van der Waals surface area contributed by atoms with Gasteiger partial charge in [0.25, 0.3) is 0 Å². The molecule has 0 aliphatic rings. The fourth-order valence-corrected chi connectivity index (χ4v) is 1.83. The highest BCUT2D eigenvalue weighted by atomic mass is 79.9. The summed E-state index contributed by atoms with van der Waals surface area (Å²) in [6, 6.07) is 9.69. The Labute approximate surface area is 120 Å². The monoisotopic (exact) mass is 322 g/mol. The third-order valence-electron chi connectivity index (χ3n) is 2.60. The van der Waals surface area contributed by atoms with E-state index < -0.39 is 0 Å². The van der Waals surface area contributed by atoms with Gasteiger partial charge in [-0.05, 0) is 24.3 Å². The van der Waals surface area contributed by atoms with E-state index in [2.05, 4.69) is 31.2 Å². The van der Waals surface area contributed by atoms with Gasteiger partial charge in [0.1, 0.15) is 18.0 Å². The second kappa shape index (κ2) is 6.49. The molecule has 0 aliphatic heterocycles. The van der Waals surface area contributed by atoms with Crippen LogP contribution in [0.25, 0.3) is 0 Å². The molecule has 0 aliphatic carbocycles. The van der Waals surface area contributed by atoms with Crippen LogP contribution < -0.4 is 10.2 Å². The SMILES string of the molecule is CN(CCO)c1cc(Nc2ccc(Br)cc2)ncn1. The van der Waals surface area contributed by atoms with Gasteiger partial charge in [0.15, 0.2) is 0 Å². The van der Waals surface area contributed by atoms with E-state index in [4.69, 9.17) is 5.11 Å². The predicted octanol–water partition coefficient (Wildman–Crippen LogP) is 2.41. The summed E-state index contributed by atoms with van der Waals surface area (Å²) in [5, 5.41) is 12.1. The Balaban J connectivity index is 2.12. The molecule has 0 spiro atoms. The lowest BCUT2D eigenvalue weighted by molar-refractivity contribution is 0.304. The van der Waals surface area contributed by atoms with Crippen LogP contribution in [0, 0.1) is 0 Å². The second-order valence-electron chi connectivity index (χ2n) is 4.04. The highest BCUT2D eigenvalue weighted by Gasteiger charge is 2.04. The van der Waals surface area contributed by atoms with Gasteiger partial charge in [-0.1, -0.05) is 15.9 Å². The van der Waals surface area contributed by atoms with Crippen LogP contribution in [-0.2, 0) is 0 Å². The Morgan fingerprint density at radius 2 is 2.00 bits per heavy atom. The number of rotatable bonds is 5. The van der Waals surface area contributed by atoms with E-state index in [0.717, 1.165) is 21.8 Å². The largest absolute Gasteiger partial charge is 0.395 e. The van der Waals surface area contributed by atoms with Crippen LogP contribution in [0.3, 0.4) is 0 Å². The standard InChI is InChI=1S/C13H15BrN4O/c1-18(6-7-19)13-8-12(15-9-16-13)17-11-4-2-10(14)3-5-11/h2-5,8-9,19H,6-7H2,1H3,(H,15,16,17). The van der Waals surface area contributed by atoms with Crippen LogP contribution in [0.5, 0.6) is 0 Å². The summed E-state index contributed by atoms with van der Waals surface area (Å²) in [5.41, 5.74) is 0.956. The number of halogens is 1. The average Bonchev–Trinajstić information content (AvgIpc) is 2.42. The zero-order chi connectivity index (χ0) is 13.7. The maximum atomic E-state index is 8.92. The molecule has 0 radical (unpaired) electrons. The Morgan fingerprint density at radius 3 is 2.68 bits per heavy atom. The van der Waals surface area contributed by atoms with E-state index in [1.807, 2.05) is 42.3 Å². The molecular formula is C13H15BrN4O. The first kappa shape index (κ1) is 13.8. The lowest BCUT2D eigenvalue weighted by Gasteiger charge is -2.17. The first-order valence-electron chi connectivity index (χ1n) is 5.85. The van der Waals surface area contributed by atoms with E-state index in [0.29, 0.717) is 6.54 Å². The molecule has 2 N–H and O–H groups in total. The minimum atomic E-state index is 0.0932. The molecule has 0 atom stereocenters. The summed E-state index contributed by atoms with van der Waals surface area (Å²) in [4.78, 5) is 10.2. The van der Waals surface area contributed by atoms with Crippen molar-refractivity contribution in [1.29, 1.82) is 0 Å². The number of benzene rings is 1. The Kier molecular flexibility index (Phi) is 4.70. The molecule has 1 aromatic heterocycles. The van der Waals surface area contributed by atoms with Crippen molar-refractivity contribution in [3.8, 4) is 0 Å². The second-order valence-corrected chi connectivity index (χ2v) is 4.95. The summed E-state index contributed by atoms with van der Waals surface area (Å²) < 4.78 is 1.03. The maximum Gasteiger partial charge on any atom is 0.135 e. The molecule has 0 saturated heterocycles. The molecule has 0 bridgehead atoms. The topological polar surface area (TPSA) is 61.3 Å². The van der Waals surface area contributed by atoms with E-state index in [9.17, 15) is 0 Å². The van der Waals surface area contributed by atoms with Gasteiger partial charge in [-0.15, -0.1) is 0 Å². The summed E-state index contributed by atoms with van der Waals surface area (Å²) in [6.07, 6.45) is 1.50. The number of nitrogens with zero attached hydrogens (tertiary/aromatic N) is 3. The molecule has 5 nitrogen and oxygen atoms in total. The minimum absolute atomic E-state index is 0.0932. The maximum absolute atomic E-state index is 8.92. The molecule has 6 heteroatoms. The fourth-order valence-electron chi connectivity index (χ4n) is 1.57. The molecule has 2 rings (SSSR count). The first-order chi connectivity index (χ1) is 9.19. The highest BCUT2D eigenvalue weighted by Crippen LogP contribution is 2.19. The Morgan fingerprint density at radius 1 is 1.26 bits per heavy atom. The molecule has 0 amide bonds. The number of anilines is 3. The zero-order valence-electron chi connectivity index (χ0n) is 10.5. The van der Waals surface area contributed by atoms with Crippen molar-refractivity contribution in [1.82, 2.24) is 9.97 Å². The van der Waals surface area contributed by atoms with Crippen LogP contribution in [-0.4, -0.2) is 35.3 Å². The molecule has 0 fully saturated rings. The van der Waals surface area contributed by atoms with Gasteiger partial charge >= 0.3 is 0 Å². The quantitative estimate of drug-likeness (QED) is 0.885. The summed E-state index contributed by atoms with van der Waals surface area (Å²) in [6.45, 7) is 0.630. The molecule has 2 aromatic rings. The lowest BCUT2D eigenvalue weighted by Crippen LogP contribution is -2.22. The van der Waals surface area contributed by atoms with Crippen molar-refractivity contribution in [3.05, 3.63) is 41.1 Å². The van der Waals surface area contributed by atoms with Gasteiger partial charge < -0.3 is 15.3 Å². The minimum Gasteiger partial charge on any atom is -0.395 e. The normalized spacial score (nSPS) is 10.3. The van der Waals surface area contributed by atoms with Gasteiger partial charge in [0.2, 0.25) is 0 Å². The first-order valence-corrected chi connectivity index (χ1v) is 6.65. The van der Waals surface area contributed by atoms with E-state index in [-0.39, 0.29) is 6.61 Å². The van der Waals surface area contributed by atoms with Crippen molar-refractivity contribution < 1.29 is 5.11 Å². The van der Waals surface area contributed by atoms with Crippen molar-refractivity contribution in [2.45, 2.75) is 0 Å². The van der Waals surface area contributed by atoms with Crippen molar-refractivity contribution >= 4 is 33.3 Å². The number of hydrogen-bond donors (Lipinski definition) is 2. The number of aliphatic hydroxyl groups is 1. The van der Waals surface area contributed by atoms with Crippen LogP contribution in [0.1, 0.15) is 0 Å². The Hall–Kier alpha value is -1.66. The van der Waals surface area contributed by atoms with Crippen molar-refractivity contribution in [2.75, 3.05) is 30.4 Å². The predicted molar refractivity (Wildman–Crippen MR) is 79.8 cm³/mol. The van der Waals surface area contributed by atoms with Crippen LogP contribution in [0.2, 0.25) is 0 Å². The molecule has 0 saturated carbocycles. The van der Waals surface area contributed by atoms with Gasteiger partial charge in [0, 0.05) is 29.8 Å². The fraction of sp³-hybridized carbons (Fsp3) is 0.231. The van der Waals surface area contributed by atoms with Crippen molar-refractivity contribution in [2.24, 2.45) is 0 Å². The van der Waals surface area contributed by atoms with E-state index >= 15 is 0 Å². The van der Waals surface area contributed by atoms with Gasteiger partial charge in [0.05, 0.1) is 6.61 Å². The van der Waals surface area contributed by atoms with Crippen LogP contribution in [0.15, 0.2) is 41.1 Å². The van der Waals surface area contributed by atoms with Gasteiger partial charge in [-0.2, -0.15) is 0 Å². The third kappa shape index (κ3) is 3.90. The molecule has 19 heavy (non-hydrogen) atoms. The molecule has 1 aromatic carbocycles. The van der Waals surface area contributed by atoms with E-state index in [1.165, 1.54) is 6.33 Å². The zero-order valence-corrected chi connectivity index (χ0v) is 12.1.